The van der Waals surface area contributed by atoms with Crippen LogP contribution >= 0.6 is 27.5 Å². The summed E-state index contributed by atoms with van der Waals surface area (Å²) in [6.07, 6.45) is 2.22. The fraction of sp³-hybridized carbons (Fsp3) is 0.286. The standard InChI is InChI=1S/C14H13BrClF2NO/c1-2-6-19-13(8-5-7-20-14(8)16)11-10(17)4-3-9(15)12(11)18/h3-5,7,13,19H,2,6H2,1H3. The van der Waals surface area contributed by atoms with E-state index in [1.165, 1.54) is 18.4 Å². The van der Waals surface area contributed by atoms with Crippen molar-refractivity contribution in [2.24, 2.45) is 0 Å². The number of halogens is 4. The molecule has 0 saturated heterocycles. The number of hydrogen-bond acceptors (Lipinski definition) is 2. The molecule has 1 unspecified atom stereocenters. The minimum atomic E-state index is -0.696. The molecule has 6 heteroatoms. The van der Waals surface area contributed by atoms with Crippen LogP contribution in [-0.2, 0) is 0 Å². The third-order valence-corrected chi connectivity index (χ3v) is 3.84. The van der Waals surface area contributed by atoms with Crippen molar-refractivity contribution in [1.82, 2.24) is 5.32 Å². The van der Waals surface area contributed by atoms with Crippen LogP contribution in [0.4, 0.5) is 8.78 Å². The van der Waals surface area contributed by atoms with Gasteiger partial charge in [-0.1, -0.05) is 6.92 Å². The van der Waals surface area contributed by atoms with Gasteiger partial charge in [0.05, 0.1) is 16.8 Å². The molecule has 1 aromatic carbocycles. The number of benzene rings is 1. The van der Waals surface area contributed by atoms with E-state index in [0.29, 0.717) is 12.1 Å². The van der Waals surface area contributed by atoms with Crippen molar-refractivity contribution < 1.29 is 13.2 Å². The third kappa shape index (κ3) is 3.05. The molecule has 108 valence electrons. The first-order chi connectivity index (χ1) is 9.56. The minimum Gasteiger partial charge on any atom is -0.453 e. The zero-order valence-electron chi connectivity index (χ0n) is 10.7. The first-order valence-corrected chi connectivity index (χ1v) is 7.33. The molecule has 1 N–H and O–H groups in total. The summed E-state index contributed by atoms with van der Waals surface area (Å²) in [6, 6.07) is 3.47. The fourth-order valence-corrected chi connectivity index (χ4v) is 2.54. The molecule has 1 aromatic heterocycles. The minimum absolute atomic E-state index is 0.0730. The Balaban J connectivity index is 2.52. The summed E-state index contributed by atoms with van der Waals surface area (Å²) in [4.78, 5) is 0. The second kappa shape index (κ2) is 6.70. The van der Waals surface area contributed by atoms with E-state index < -0.39 is 17.7 Å². The van der Waals surface area contributed by atoms with Gasteiger partial charge in [-0.25, -0.2) is 8.78 Å². The maximum absolute atomic E-state index is 14.3. The van der Waals surface area contributed by atoms with E-state index in [-0.39, 0.29) is 15.3 Å². The molecule has 20 heavy (non-hydrogen) atoms. The van der Waals surface area contributed by atoms with E-state index in [1.807, 2.05) is 6.92 Å². The second-order valence-corrected chi connectivity index (χ2v) is 5.49. The molecule has 2 aromatic rings. The Bertz CT molecular complexity index is 603. The van der Waals surface area contributed by atoms with Crippen LogP contribution in [0.1, 0.15) is 30.5 Å². The maximum Gasteiger partial charge on any atom is 0.198 e. The Hall–Kier alpha value is -0.910. The van der Waals surface area contributed by atoms with Crippen molar-refractivity contribution in [2.45, 2.75) is 19.4 Å². The molecule has 1 atom stereocenters. The lowest BCUT2D eigenvalue weighted by Gasteiger charge is -2.20. The Labute approximate surface area is 129 Å². The largest absolute Gasteiger partial charge is 0.453 e. The topological polar surface area (TPSA) is 25.2 Å². The highest BCUT2D eigenvalue weighted by Gasteiger charge is 2.26. The van der Waals surface area contributed by atoms with Crippen molar-refractivity contribution in [1.29, 1.82) is 0 Å². The van der Waals surface area contributed by atoms with Gasteiger partial charge in [0, 0.05) is 11.1 Å². The zero-order chi connectivity index (χ0) is 14.7. The highest BCUT2D eigenvalue weighted by molar-refractivity contribution is 9.10. The zero-order valence-corrected chi connectivity index (χ0v) is 13.1. The molecule has 0 saturated carbocycles. The molecule has 0 fully saturated rings. The van der Waals surface area contributed by atoms with Gasteiger partial charge in [0.1, 0.15) is 11.6 Å². The quantitative estimate of drug-likeness (QED) is 0.750. The Morgan fingerprint density at radius 2 is 2.10 bits per heavy atom. The van der Waals surface area contributed by atoms with Crippen LogP contribution in [0.15, 0.2) is 33.4 Å². The average molecular weight is 365 g/mol. The van der Waals surface area contributed by atoms with Crippen molar-refractivity contribution in [3.05, 3.63) is 56.9 Å². The van der Waals surface area contributed by atoms with Gasteiger partial charge >= 0.3 is 0 Å². The molecule has 0 amide bonds. The van der Waals surface area contributed by atoms with Crippen LogP contribution in [0.3, 0.4) is 0 Å². The summed E-state index contributed by atoms with van der Waals surface area (Å²) < 4.78 is 33.6. The van der Waals surface area contributed by atoms with E-state index in [4.69, 9.17) is 16.0 Å². The van der Waals surface area contributed by atoms with Gasteiger partial charge in [-0.3, -0.25) is 0 Å². The molecule has 1 heterocycles. The number of rotatable bonds is 5. The van der Waals surface area contributed by atoms with Crippen LogP contribution < -0.4 is 5.32 Å². The van der Waals surface area contributed by atoms with Gasteiger partial charge in [-0.05, 0) is 58.7 Å². The van der Waals surface area contributed by atoms with E-state index >= 15 is 0 Å². The lowest BCUT2D eigenvalue weighted by Crippen LogP contribution is -2.25. The van der Waals surface area contributed by atoms with Crippen molar-refractivity contribution >= 4 is 27.5 Å². The normalized spacial score (nSPS) is 12.7. The Kier molecular flexibility index (Phi) is 5.18. The maximum atomic E-state index is 14.3. The number of nitrogens with one attached hydrogen (secondary N) is 1. The molecule has 0 aliphatic carbocycles. The van der Waals surface area contributed by atoms with Gasteiger partial charge in [0.15, 0.2) is 5.22 Å². The van der Waals surface area contributed by atoms with Gasteiger partial charge in [-0.15, -0.1) is 0 Å². The van der Waals surface area contributed by atoms with Crippen LogP contribution in [0, 0.1) is 11.6 Å². The van der Waals surface area contributed by atoms with E-state index in [9.17, 15) is 8.78 Å². The van der Waals surface area contributed by atoms with Gasteiger partial charge in [0.2, 0.25) is 0 Å². The first-order valence-electron chi connectivity index (χ1n) is 6.16. The van der Waals surface area contributed by atoms with E-state index in [2.05, 4.69) is 21.2 Å². The molecule has 2 nitrogen and oxygen atoms in total. The van der Waals surface area contributed by atoms with Crippen LogP contribution in [0.2, 0.25) is 5.22 Å². The summed E-state index contributed by atoms with van der Waals surface area (Å²) in [5.74, 6) is -1.27. The molecule has 0 radical (unpaired) electrons. The summed E-state index contributed by atoms with van der Waals surface area (Å²) in [5.41, 5.74) is 0.437. The SMILES string of the molecule is CCCNC(c1ccoc1Cl)c1c(F)ccc(Br)c1F. The van der Waals surface area contributed by atoms with Crippen LogP contribution in [0.5, 0.6) is 0 Å². The van der Waals surface area contributed by atoms with Crippen molar-refractivity contribution in [3.8, 4) is 0 Å². The highest BCUT2D eigenvalue weighted by atomic mass is 79.9. The summed E-state index contributed by atoms with van der Waals surface area (Å²) >= 11 is 9.02. The third-order valence-electron chi connectivity index (χ3n) is 2.92. The summed E-state index contributed by atoms with van der Waals surface area (Å²) in [6.45, 7) is 2.56. The molecule has 2 rings (SSSR count). The van der Waals surface area contributed by atoms with Gasteiger partial charge in [0.25, 0.3) is 0 Å². The smallest absolute Gasteiger partial charge is 0.198 e. The van der Waals surface area contributed by atoms with Crippen LogP contribution in [-0.4, -0.2) is 6.54 Å². The number of furan rings is 1. The average Bonchev–Trinajstić information content (AvgIpc) is 2.84. The molecular weight excluding hydrogens is 352 g/mol. The summed E-state index contributed by atoms with van der Waals surface area (Å²) in [7, 11) is 0. The van der Waals surface area contributed by atoms with Gasteiger partial charge in [-0.2, -0.15) is 0 Å². The lowest BCUT2D eigenvalue weighted by molar-refractivity contribution is 0.495. The lowest BCUT2D eigenvalue weighted by atomic mass is 9.99. The molecule has 0 bridgehead atoms. The van der Waals surface area contributed by atoms with Crippen molar-refractivity contribution in [3.63, 3.8) is 0 Å². The predicted octanol–water partition coefficient (Wildman–Crippen LogP) is 5.06. The molecule has 0 spiro atoms. The first kappa shape index (κ1) is 15.5. The number of hydrogen-bond donors (Lipinski definition) is 1. The van der Waals surface area contributed by atoms with E-state index in [0.717, 1.165) is 6.42 Å². The van der Waals surface area contributed by atoms with Crippen LogP contribution in [0.25, 0.3) is 0 Å². The molecule has 0 aliphatic rings. The Morgan fingerprint density at radius 3 is 2.70 bits per heavy atom. The summed E-state index contributed by atoms with van der Waals surface area (Å²) in [5, 5.41) is 3.22. The van der Waals surface area contributed by atoms with Crippen molar-refractivity contribution in [2.75, 3.05) is 6.54 Å². The Morgan fingerprint density at radius 1 is 1.35 bits per heavy atom. The molecule has 0 aliphatic heterocycles. The monoisotopic (exact) mass is 363 g/mol. The second-order valence-electron chi connectivity index (χ2n) is 4.29. The highest BCUT2D eigenvalue weighted by Crippen LogP contribution is 2.34. The van der Waals surface area contributed by atoms with Gasteiger partial charge < -0.3 is 9.73 Å². The van der Waals surface area contributed by atoms with E-state index in [1.54, 1.807) is 6.07 Å². The fourth-order valence-electron chi connectivity index (χ4n) is 1.97. The predicted molar refractivity (Wildman–Crippen MR) is 77.9 cm³/mol. The molecular formula is C14H13BrClF2NO.